The molecule has 3 aliphatic rings. The van der Waals surface area contributed by atoms with Crippen molar-refractivity contribution in [2.75, 3.05) is 10.2 Å². The third-order valence-electron chi connectivity index (χ3n) is 7.70. The van der Waals surface area contributed by atoms with Gasteiger partial charge in [-0.1, -0.05) is 13.0 Å². The predicted molar refractivity (Wildman–Crippen MR) is 146 cm³/mol. The smallest absolute Gasteiger partial charge is 0.331 e. The molecule has 0 spiro atoms. The lowest BCUT2D eigenvalue weighted by molar-refractivity contribution is -0.119. The first kappa shape index (κ1) is 24.5. The van der Waals surface area contributed by atoms with Crippen molar-refractivity contribution in [3.05, 3.63) is 47.6 Å². The fraction of sp³-hybridized carbons (Fsp3) is 0.393. The summed E-state index contributed by atoms with van der Waals surface area (Å²) >= 11 is 1.25. The van der Waals surface area contributed by atoms with Crippen LogP contribution in [0.3, 0.4) is 0 Å². The number of thiophene rings is 1. The molecule has 4 heterocycles. The third-order valence-corrected chi connectivity index (χ3v) is 8.80. The highest BCUT2D eigenvalue weighted by Crippen LogP contribution is 2.46. The van der Waals surface area contributed by atoms with Crippen molar-refractivity contribution in [3.63, 3.8) is 0 Å². The average molecular weight is 532 g/mol. The maximum absolute atomic E-state index is 13.4. The molecule has 0 bridgehead atoms. The lowest BCUT2D eigenvalue weighted by Gasteiger charge is -2.30. The Morgan fingerprint density at radius 3 is 2.76 bits per heavy atom. The van der Waals surface area contributed by atoms with E-state index in [1.807, 2.05) is 13.0 Å². The molecule has 38 heavy (non-hydrogen) atoms. The first-order chi connectivity index (χ1) is 18.4. The fourth-order valence-electron chi connectivity index (χ4n) is 5.46. The number of carbonyl (C=O) groups is 3. The molecule has 0 saturated heterocycles. The molecule has 0 radical (unpaired) electrons. The molecule has 9 nitrogen and oxygen atoms in total. The normalized spacial score (nSPS) is 21.0. The lowest BCUT2D eigenvalue weighted by atomic mass is 9.83. The summed E-state index contributed by atoms with van der Waals surface area (Å²) in [6.45, 7) is 5.52. The van der Waals surface area contributed by atoms with Crippen molar-refractivity contribution < 1.29 is 19.1 Å². The zero-order valence-corrected chi connectivity index (χ0v) is 22.0. The summed E-state index contributed by atoms with van der Waals surface area (Å²) in [7, 11) is 0. The zero-order chi connectivity index (χ0) is 26.4. The number of ketones is 1. The van der Waals surface area contributed by atoms with E-state index < -0.39 is 0 Å². The summed E-state index contributed by atoms with van der Waals surface area (Å²) in [5, 5.41) is 6.75. The molecule has 1 unspecified atom stereocenters. The summed E-state index contributed by atoms with van der Waals surface area (Å²) in [5.41, 5.74) is 2.61. The molecule has 2 aliphatic carbocycles. The average Bonchev–Trinajstić information content (AvgIpc) is 3.26. The molecule has 0 aromatic carbocycles. The van der Waals surface area contributed by atoms with Gasteiger partial charge >= 0.3 is 6.03 Å². The minimum atomic E-state index is -0.371. The first-order valence-corrected chi connectivity index (χ1v) is 13.9. The van der Waals surface area contributed by atoms with E-state index in [0.29, 0.717) is 39.1 Å². The summed E-state index contributed by atoms with van der Waals surface area (Å²) in [5.74, 6) is 0.198. The molecule has 3 aromatic rings. The van der Waals surface area contributed by atoms with E-state index >= 15 is 0 Å². The first-order valence-electron chi connectivity index (χ1n) is 13.1. The Kier molecular flexibility index (Phi) is 6.35. The molecule has 6 rings (SSSR count). The topological polar surface area (TPSA) is 114 Å². The highest BCUT2D eigenvalue weighted by molar-refractivity contribution is 7.21. The zero-order valence-electron chi connectivity index (χ0n) is 21.2. The molecular formula is C28H29N5O4S. The maximum Gasteiger partial charge on any atom is 0.331 e. The Bertz CT molecular complexity index is 1460. The Balaban J connectivity index is 1.29. The maximum atomic E-state index is 13.4. The van der Waals surface area contributed by atoms with Crippen molar-refractivity contribution in [1.82, 2.24) is 15.3 Å². The largest absolute Gasteiger partial charge is 0.474 e. The van der Waals surface area contributed by atoms with Crippen LogP contribution in [-0.2, 0) is 4.79 Å². The monoisotopic (exact) mass is 531 g/mol. The number of ether oxygens (including phenoxy) is 1. The quantitative estimate of drug-likeness (QED) is 0.381. The van der Waals surface area contributed by atoms with Crippen LogP contribution in [-0.4, -0.2) is 39.8 Å². The van der Waals surface area contributed by atoms with Crippen LogP contribution in [0.2, 0.25) is 0 Å². The second-order valence-corrected chi connectivity index (χ2v) is 11.2. The van der Waals surface area contributed by atoms with Gasteiger partial charge in [0, 0.05) is 24.2 Å². The number of aromatic nitrogens is 2. The number of rotatable bonds is 7. The number of hydrogen-bond donors (Lipinski definition) is 2. The summed E-state index contributed by atoms with van der Waals surface area (Å²) in [6, 6.07) is 3.16. The molecular weight excluding hydrogens is 502 g/mol. The Morgan fingerprint density at radius 2 is 2.03 bits per heavy atom. The van der Waals surface area contributed by atoms with Gasteiger partial charge in [-0.05, 0) is 63.2 Å². The van der Waals surface area contributed by atoms with Crippen LogP contribution < -0.4 is 20.3 Å². The van der Waals surface area contributed by atoms with Crippen LogP contribution in [0.5, 0.6) is 5.88 Å². The number of pyridine rings is 2. The fourth-order valence-corrected chi connectivity index (χ4v) is 6.48. The SMILES string of the molecule is C=CC(=O)C1CCC[C@@H](NC(=O)c2sc3nccc4c3c2NC(=O)N4c2cnc(OC3CCC3)cc2C)C1. The van der Waals surface area contributed by atoms with Crippen molar-refractivity contribution in [2.24, 2.45) is 5.92 Å². The van der Waals surface area contributed by atoms with Crippen LogP contribution >= 0.6 is 11.3 Å². The van der Waals surface area contributed by atoms with Gasteiger partial charge in [-0.15, -0.1) is 11.3 Å². The number of aryl methyl sites for hydroxylation is 1. The van der Waals surface area contributed by atoms with E-state index in [9.17, 15) is 14.4 Å². The van der Waals surface area contributed by atoms with Gasteiger partial charge in [0.1, 0.15) is 15.8 Å². The summed E-state index contributed by atoms with van der Waals surface area (Å²) < 4.78 is 5.93. The van der Waals surface area contributed by atoms with E-state index in [-0.39, 0.29) is 35.8 Å². The summed E-state index contributed by atoms with van der Waals surface area (Å²) in [6.07, 6.45) is 11.2. The van der Waals surface area contributed by atoms with E-state index in [1.165, 1.54) is 23.8 Å². The molecule has 3 aromatic heterocycles. The number of nitrogens with zero attached hydrogens (tertiary/aromatic N) is 3. The predicted octanol–water partition coefficient (Wildman–Crippen LogP) is 5.66. The number of anilines is 3. The van der Waals surface area contributed by atoms with Gasteiger partial charge in [-0.2, -0.15) is 0 Å². The number of hydrogen-bond acceptors (Lipinski definition) is 7. The van der Waals surface area contributed by atoms with E-state index in [4.69, 9.17) is 4.74 Å². The van der Waals surface area contributed by atoms with Gasteiger partial charge in [-0.3, -0.25) is 14.5 Å². The van der Waals surface area contributed by atoms with Crippen LogP contribution in [0.15, 0.2) is 37.2 Å². The Hall–Kier alpha value is -3.79. The minimum absolute atomic E-state index is 0.0227. The Morgan fingerprint density at radius 1 is 1.21 bits per heavy atom. The molecule has 3 amide bonds. The van der Waals surface area contributed by atoms with E-state index in [2.05, 4.69) is 27.2 Å². The second-order valence-electron chi connectivity index (χ2n) is 10.2. The van der Waals surface area contributed by atoms with E-state index in [1.54, 1.807) is 23.4 Å². The molecule has 196 valence electrons. The number of allylic oxidation sites excluding steroid dienone is 1. The summed E-state index contributed by atoms with van der Waals surface area (Å²) in [4.78, 5) is 50.5. The number of amides is 3. The van der Waals surface area contributed by atoms with Crippen LogP contribution in [0.4, 0.5) is 21.9 Å². The standard InChI is InChI=1S/C28H29N5O4S/c1-3-21(34)16-6-4-7-17(13-16)31-26(35)25-24-23-19(10-11-29-27(23)38-25)33(28(36)32-24)20-14-30-22(12-15(20)2)37-18-8-5-9-18/h3,10-12,14,16-18H,1,4-9,13H2,2H3,(H,31,35)(H,32,36)/t16?,17-/m1/s1. The molecule has 2 atom stereocenters. The van der Waals surface area contributed by atoms with Crippen molar-refractivity contribution >= 4 is 56.3 Å². The molecule has 2 fully saturated rings. The molecule has 10 heteroatoms. The third kappa shape index (κ3) is 4.32. The lowest BCUT2D eigenvalue weighted by Crippen LogP contribution is -2.40. The highest BCUT2D eigenvalue weighted by atomic mass is 32.1. The van der Waals surface area contributed by atoms with Gasteiger partial charge in [0.05, 0.1) is 28.6 Å². The number of carbonyl (C=O) groups excluding carboxylic acids is 3. The number of urea groups is 1. The van der Waals surface area contributed by atoms with Gasteiger partial charge < -0.3 is 15.4 Å². The van der Waals surface area contributed by atoms with Gasteiger partial charge in [-0.25, -0.2) is 14.8 Å². The Labute approximate surface area is 224 Å². The minimum Gasteiger partial charge on any atom is -0.474 e. The van der Waals surface area contributed by atoms with Crippen molar-refractivity contribution in [2.45, 2.75) is 64.0 Å². The van der Waals surface area contributed by atoms with Gasteiger partial charge in [0.25, 0.3) is 5.91 Å². The second kappa shape index (κ2) is 9.83. The van der Waals surface area contributed by atoms with E-state index in [0.717, 1.165) is 43.1 Å². The van der Waals surface area contributed by atoms with Crippen LogP contribution in [0.25, 0.3) is 10.2 Å². The van der Waals surface area contributed by atoms with Crippen molar-refractivity contribution in [3.8, 4) is 5.88 Å². The van der Waals surface area contributed by atoms with Crippen LogP contribution in [0, 0.1) is 12.8 Å². The van der Waals surface area contributed by atoms with Gasteiger partial charge in [0.2, 0.25) is 5.88 Å². The molecule has 2 N–H and O–H groups in total. The van der Waals surface area contributed by atoms with Crippen LogP contribution in [0.1, 0.15) is 60.2 Å². The molecule has 2 saturated carbocycles. The van der Waals surface area contributed by atoms with Crippen molar-refractivity contribution in [1.29, 1.82) is 0 Å². The molecule has 1 aliphatic heterocycles. The van der Waals surface area contributed by atoms with Gasteiger partial charge in [0.15, 0.2) is 5.78 Å². The number of nitrogens with one attached hydrogen (secondary N) is 2. The highest BCUT2D eigenvalue weighted by Gasteiger charge is 2.35.